The molecule has 110 valence electrons. The van der Waals surface area contributed by atoms with Crippen LogP contribution in [-0.4, -0.2) is 25.3 Å². The normalized spacial score (nSPS) is 32.9. The monoisotopic (exact) mass is 268 g/mol. The fraction of sp³-hybridized carbons (Fsp3) is 0.938. The lowest BCUT2D eigenvalue weighted by molar-refractivity contribution is -0.162. The molecule has 2 rings (SSSR count). The van der Waals surface area contributed by atoms with E-state index in [1.807, 2.05) is 0 Å². The molecule has 1 saturated carbocycles. The maximum atomic E-state index is 12.7. The summed E-state index contributed by atoms with van der Waals surface area (Å²) in [6.07, 6.45) is 1.05. The predicted molar refractivity (Wildman–Crippen MR) is 74.8 cm³/mol. The van der Waals surface area contributed by atoms with Gasteiger partial charge in [-0.15, -0.1) is 0 Å². The fourth-order valence-corrected chi connectivity index (χ4v) is 3.39. The van der Waals surface area contributed by atoms with E-state index >= 15 is 0 Å². The summed E-state index contributed by atoms with van der Waals surface area (Å²) in [5, 5.41) is 0. The minimum absolute atomic E-state index is 0.0191. The second-order valence-corrected chi connectivity index (χ2v) is 8.39. The van der Waals surface area contributed by atoms with Crippen molar-refractivity contribution in [3.05, 3.63) is 0 Å². The first-order valence-electron chi connectivity index (χ1n) is 7.24. The molecule has 0 radical (unpaired) electrons. The van der Waals surface area contributed by atoms with Gasteiger partial charge in [0, 0.05) is 0 Å². The van der Waals surface area contributed by atoms with E-state index in [2.05, 4.69) is 48.5 Å². The molecule has 0 spiro atoms. The zero-order valence-corrected chi connectivity index (χ0v) is 13.4. The van der Waals surface area contributed by atoms with Gasteiger partial charge in [-0.1, -0.05) is 48.5 Å². The van der Waals surface area contributed by atoms with Crippen LogP contribution < -0.4 is 0 Å². The van der Waals surface area contributed by atoms with Crippen LogP contribution in [0.2, 0.25) is 0 Å². The number of carbonyl (C=O) groups is 1. The summed E-state index contributed by atoms with van der Waals surface area (Å²) in [5.41, 5.74) is -0.403. The average Bonchev–Trinajstić information content (AvgIpc) is 3.10. The van der Waals surface area contributed by atoms with Crippen molar-refractivity contribution in [2.45, 2.75) is 61.0 Å². The first-order valence-corrected chi connectivity index (χ1v) is 7.24. The summed E-state index contributed by atoms with van der Waals surface area (Å²) in [6, 6.07) is 0. The van der Waals surface area contributed by atoms with Crippen LogP contribution >= 0.6 is 0 Å². The molecule has 2 fully saturated rings. The van der Waals surface area contributed by atoms with Gasteiger partial charge < -0.3 is 9.47 Å². The molecule has 0 aromatic heterocycles. The second-order valence-electron chi connectivity index (χ2n) is 8.39. The van der Waals surface area contributed by atoms with Crippen LogP contribution in [0.4, 0.5) is 0 Å². The van der Waals surface area contributed by atoms with E-state index in [-0.39, 0.29) is 33.7 Å². The smallest absolute Gasteiger partial charge is 0.313 e. The van der Waals surface area contributed by atoms with Crippen LogP contribution in [0.15, 0.2) is 0 Å². The summed E-state index contributed by atoms with van der Waals surface area (Å²) in [5.74, 6) is -0.0343. The molecule has 1 saturated heterocycles. The van der Waals surface area contributed by atoms with Gasteiger partial charge in [0.05, 0.1) is 12.0 Å². The number of epoxide rings is 1. The van der Waals surface area contributed by atoms with Crippen LogP contribution in [0.1, 0.15) is 54.9 Å². The lowest BCUT2D eigenvalue weighted by atomic mass is 9.58. The minimum atomic E-state index is -0.368. The van der Waals surface area contributed by atoms with Gasteiger partial charge in [-0.3, -0.25) is 4.79 Å². The molecule has 0 N–H and O–H groups in total. The third-order valence-corrected chi connectivity index (χ3v) is 5.83. The Balaban J connectivity index is 2.21. The Morgan fingerprint density at radius 1 is 1.26 bits per heavy atom. The van der Waals surface area contributed by atoms with Crippen molar-refractivity contribution in [2.24, 2.45) is 21.7 Å². The zero-order chi connectivity index (χ0) is 14.7. The van der Waals surface area contributed by atoms with E-state index in [1.54, 1.807) is 0 Å². The van der Waals surface area contributed by atoms with Crippen LogP contribution in [0, 0.1) is 21.7 Å². The highest BCUT2D eigenvalue weighted by Crippen LogP contribution is 2.75. The van der Waals surface area contributed by atoms with Crippen LogP contribution in [-0.2, 0) is 14.3 Å². The van der Waals surface area contributed by atoms with Gasteiger partial charge in [0.15, 0.2) is 0 Å². The number of hydrogen-bond donors (Lipinski definition) is 0. The largest absolute Gasteiger partial charge is 0.462 e. The van der Waals surface area contributed by atoms with Crippen molar-refractivity contribution in [1.29, 1.82) is 0 Å². The van der Waals surface area contributed by atoms with E-state index in [4.69, 9.17) is 9.47 Å². The summed E-state index contributed by atoms with van der Waals surface area (Å²) in [7, 11) is 0. The summed E-state index contributed by atoms with van der Waals surface area (Å²) < 4.78 is 10.7. The topological polar surface area (TPSA) is 38.8 Å². The highest BCUT2D eigenvalue weighted by atomic mass is 16.6. The third-order valence-electron chi connectivity index (χ3n) is 5.83. The van der Waals surface area contributed by atoms with E-state index in [0.29, 0.717) is 6.61 Å². The van der Waals surface area contributed by atoms with Gasteiger partial charge in [-0.2, -0.15) is 0 Å². The average molecular weight is 268 g/mol. The highest BCUT2D eigenvalue weighted by Gasteiger charge is 2.75. The highest BCUT2D eigenvalue weighted by molar-refractivity contribution is 5.83. The SMILES string of the molecule is CC(C)(C)C(C)(C)C1(C(=O)OCC2CO2)CC1(C)C. The number of ether oxygens (including phenoxy) is 2. The molecule has 1 heterocycles. The van der Waals surface area contributed by atoms with E-state index in [0.717, 1.165) is 13.0 Å². The molecule has 2 unspecified atom stereocenters. The molecule has 0 bridgehead atoms. The second kappa shape index (κ2) is 3.97. The third kappa shape index (κ3) is 2.10. The Bertz CT molecular complexity index is 385. The predicted octanol–water partition coefficient (Wildman–Crippen LogP) is 3.42. The molecule has 0 aromatic carbocycles. The van der Waals surface area contributed by atoms with Crippen LogP contribution in [0.3, 0.4) is 0 Å². The minimum Gasteiger partial charge on any atom is -0.462 e. The zero-order valence-electron chi connectivity index (χ0n) is 13.4. The van der Waals surface area contributed by atoms with Crippen molar-refractivity contribution in [3.8, 4) is 0 Å². The van der Waals surface area contributed by atoms with Crippen LogP contribution in [0.25, 0.3) is 0 Å². The Hall–Kier alpha value is -0.570. The lowest BCUT2D eigenvalue weighted by Gasteiger charge is -2.46. The van der Waals surface area contributed by atoms with Crippen molar-refractivity contribution in [3.63, 3.8) is 0 Å². The molecule has 1 aliphatic carbocycles. The van der Waals surface area contributed by atoms with Gasteiger partial charge in [0.2, 0.25) is 0 Å². The Morgan fingerprint density at radius 2 is 1.74 bits per heavy atom. The summed E-state index contributed by atoms with van der Waals surface area (Å²) in [4.78, 5) is 12.7. The van der Waals surface area contributed by atoms with E-state index in [9.17, 15) is 4.79 Å². The van der Waals surface area contributed by atoms with Gasteiger partial charge in [0.25, 0.3) is 0 Å². The number of esters is 1. The molecule has 2 aliphatic rings. The number of rotatable bonds is 4. The molecular weight excluding hydrogens is 240 g/mol. The van der Waals surface area contributed by atoms with Gasteiger partial charge in [0.1, 0.15) is 12.7 Å². The molecule has 3 heteroatoms. The standard InChI is InChI=1S/C16H28O3/c1-13(2,3)15(6,7)16(10-14(16,4)5)12(17)19-9-11-8-18-11/h11H,8-10H2,1-7H3. The number of carbonyl (C=O) groups excluding carboxylic acids is 1. The molecular formula is C16H28O3. The van der Waals surface area contributed by atoms with Crippen molar-refractivity contribution in [2.75, 3.05) is 13.2 Å². The van der Waals surface area contributed by atoms with Crippen LogP contribution in [0.5, 0.6) is 0 Å². The maximum Gasteiger partial charge on any atom is 0.313 e. The molecule has 2 atom stereocenters. The van der Waals surface area contributed by atoms with E-state index < -0.39 is 0 Å². The van der Waals surface area contributed by atoms with E-state index in [1.165, 1.54) is 0 Å². The quantitative estimate of drug-likeness (QED) is 0.579. The number of hydrogen-bond acceptors (Lipinski definition) is 3. The lowest BCUT2D eigenvalue weighted by Crippen LogP contribution is -2.46. The van der Waals surface area contributed by atoms with Crippen molar-refractivity contribution < 1.29 is 14.3 Å². The van der Waals surface area contributed by atoms with Crippen molar-refractivity contribution >= 4 is 5.97 Å². The van der Waals surface area contributed by atoms with Gasteiger partial charge in [-0.25, -0.2) is 0 Å². The Labute approximate surface area is 117 Å². The molecule has 1 aliphatic heterocycles. The molecule has 0 amide bonds. The summed E-state index contributed by atoms with van der Waals surface area (Å²) in [6.45, 7) is 16.5. The molecule has 0 aromatic rings. The Morgan fingerprint density at radius 3 is 2.05 bits per heavy atom. The first kappa shape index (κ1) is 14.8. The summed E-state index contributed by atoms with van der Waals surface area (Å²) >= 11 is 0. The molecule has 3 nitrogen and oxygen atoms in total. The Kier molecular flexibility index (Phi) is 3.10. The van der Waals surface area contributed by atoms with Crippen molar-refractivity contribution in [1.82, 2.24) is 0 Å². The van der Waals surface area contributed by atoms with Gasteiger partial charge in [-0.05, 0) is 22.7 Å². The maximum absolute atomic E-state index is 12.7. The fourth-order valence-electron chi connectivity index (χ4n) is 3.39. The molecule has 19 heavy (non-hydrogen) atoms. The first-order chi connectivity index (χ1) is 8.46. The van der Waals surface area contributed by atoms with Gasteiger partial charge >= 0.3 is 5.97 Å².